The molecule has 0 aromatic heterocycles. The van der Waals surface area contributed by atoms with E-state index in [9.17, 15) is 13.5 Å². The van der Waals surface area contributed by atoms with Crippen molar-refractivity contribution >= 4 is 21.5 Å². The summed E-state index contributed by atoms with van der Waals surface area (Å²) in [6.45, 7) is 5.42. The van der Waals surface area contributed by atoms with Crippen LogP contribution in [0.1, 0.15) is 16.7 Å². The molecule has 0 atom stereocenters. The number of benzene rings is 2. The summed E-state index contributed by atoms with van der Waals surface area (Å²) in [5.41, 5.74) is 3.36. The highest BCUT2D eigenvalue weighted by Gasteiger charge is 2.10. The predicted molar refractivity (Wildman–Crippen MR) is 82.8 cm³/mol. The fourth-order valence-electron chi connectivity index (χ4n) is 1.95. The maximum absolute atomic E-state index is 11.0. The molecule has 0 aliphatic carbocycles. The van der Waals surface area contributed by atoms with Crippen molar-refractivity contribution in [3.63, 3.8) is 0 Å². The highest BCUT2D eigenvalue weighted by atomic mass is 32.2. The van der Waals surface area contributed by atoms with Crippen molar-refractivity contribution in [2.45, 2.75) is 25.7 Å². The van der Waals surface area contributed by atoms with E-state index in [1.54, 1.807) is 19.9 Å². The molecule has 0 saturated heterocycles. The van der Waals surface area contributed by atoms with Gasteiger partial charge < -0.3 is 5.11 Å². The normalized spacial score (nSPS) is 12.0. The number of rotatable bonds is 3. The number of azo groups is 1. The molecule has 0 saturated carbocycles. The molecule has 2 aromatic rings. The largest absolute Gasteiger partial charge is 0.507 e. The topological polar surface area (TPSA) is 99.3 Å². The summed E-state index contributed by atoms with van der Waals surface area (Å²) in [5.74, 6) is 0.244. The molecule has 0 unspecified atom stereocenters. The second-order valence-corrected chi connectivity index (χ2v) is 6.40. The first-order chi connectivity index (χ1) is 10.2. The van der Waals surface area contributed by atoms with E-state index >= 15 is 0 Å². The Bertz CT molecular complexity index is 841. The van der Waals surface area contributed by atoms with E-state index in [-0.39, 0.29) is 10.6 Å². The third-order valence-corrected chi connectivity index (χ3v) is 4.30. The molecule has 0 spiro atoms. The maximum Gasteiger partial charge on any atom is 0.294 e. The van der Waals surface area contributed by atoms with Gasteiger partial charge in [0.1, 0.15) is 5.75 Å². The van der Waals surface area contributed by atoms with Crippen LogP contribution in [0.5, 0.6) is 5.75 Å². The standard InChI is InChI=1S/C15H16N2O4S/c1-9-8-14(10(2)11(3)15(9)18)17-16-12-4-6-13(7-5-12)22(19,20)21/h4-8,18H,1-3H3,(H,19,20,21). The third kappa shape index (κ3) is 3.32. The quantitative estimate of drug-likeness (QED) is 0.660. The van der Waals surface area contributed by atoms with Crippen LogP contribution in [0, 0.1) is 20.8 Å². The predicted octanol–water partition coefficient (Wildman–Crippen LogP) is 3.98. The van der Waals surface area contributed by atoms with Crippen molar-refractivity contribution < 1.29 is 18.1 Å². The molecule has 0 fully saturated rings. The van der Waals surface area contributed by atoms with Gasteiger partial charge in [0.2, 0.25) is 0 Å². The lowest BCUT2D eigenvalue weighted by Gasteiger charge is -2.08. The zero-order valence-corrected chi connectivity index (χ0v) is 13.2. The van der Waals surface area contributed by atoms with Gasteiger partial charge in [-0.2, -0.15) is 18.6 Å². The highest BCUT2D eigenvalue weighted by molar-refractivity contribution is 7.85. The van der Waals surface area contributed by atoms with Crippen LogP contribution < -0.4 is 0 Å². The van der Waals surface area contributed by atoms with Gasteiger partial charge in [-0.15, -0.1) is 0 Å². The van der Waals surface area contributed by atoms with Crippen LogP contribution in [0.3, 0.4) is 0 Å². The molecule has 2 aromatic carbocycles. The minimum atomic E-state index is -4.21. The van der Waals surface area contributed by atoms with Gasteiger partial charge in [0.25, 0.3) is 10.1 Å². The van der Waals surface area contributed by atoms with Gasteiger partial charge in [-0.05, 0) is 67.8 Å². The molecule has 22 heavy (non-hydrogen) atoms. The lowest BCUT2D eigenvalue weighted by atomic mass is 10.0. The van der Waals surface area contributed by atoms with E-state index < -0.39 is 10.1 Å². The molecule has 0 aliphatic rings. The van der Waals surface area contributed by atoms with Crippen molar-refractivity contribution in [3.8, 4) is 5.75 Å². The van der Waals surface area contributed by atoms with Gasteiger partial charge in [0, 0.05) is 0 Å². The fourth-order valence-corrected chi connectivity index (χ4v) is 2.43. The zero-order chi connectivity index (χ0) is 16.5. The van der Waals surface area contributed by atoms with Crippen LogP contribution >= 0.6 is 0 Å². The molecule has 2 N–H and O–H groups in total. The van der Waals surface area contributed by atoms with Crippen LogP contribution in [0.2, 0.25) is 0 Å². The first-order valence-electron chi connectivity index (χ1n) is 6.49. The van der Waals surface area contributed by atoms with Crippen LogP contribution in [-0.2, 0) is 10.1 Å². The number of aryl methyl sites for hydroxylation is 1. The van der Waals surface area contributed by atoms with E-state index in [2.05, 4.69) is 10.2 Å². The Morgan fingerprint density at radius 2 is 1.55 bits per heavy atom. The smallest absolute Gasteiger partial charge is 0.294 e. The summed E-state index contributed by atoms with van der Waals surface area (Å²) in [4.78, 5) is -0.195. The Kier molecular flexibility index (Phi) is 4.30. The zero-order valence-electron chi connectivity index (χ0n) is 12.4. The van der Waals surface area contributed by atoms with Crippen molar-refractivity contribution in [2.75, 3.05) is 0 Å². The van der Waals surface area contributed by atoms with Gasteiger partial charge in [0.15, 0.2) is 0 Å². The first kappa shape index (κ1) is 16.1. The van der Waals surface area contributed by atoms with Crippen molar-refractivity contribution in [3.05, 3.63) is 47.0 Å². The summed E-state index contributed by atoms with van der Waals surface area (Å²) in [6, 6.07) is 7.13. The van der Waals surface area contributed by atoms with Gasteiger partial charge in [-0.25, -0.2) is 0 Å². The molecule has 0 radical (unpaired) electrons. The van der Waals surface area contributed by atoms with Crippen molar-refractivity contribution in [1.82, 2.24) is 0 Å². The van der Waals surface area contributed by atoms with Crippen molar-refractivity contribution in [2.24, 2.45) is 10.2 Å². The summed E-state index contributed by atoms with van der Waals surface area (Å²) >= 11 is 0. The number of aromatic hydroxyl groups is 1. The van der Waals surface area contributed by atoms with Crippen LogP contribution in [0.4, 0.5) is 11.4 Å². The Balaban J connectivity index is 2.34. The number of phenols is 1. The molecule has 0 heterocycles. The molecule has 6 nitrogen and oxygen atoms in total. The summed E-state index contributed by atoms with van der Waals surface area (Å²) < 4.78 is 30.8. The average Bonchev–Trinajstić information content (AvgIpc) is 2.47. The second-order valence-electron chi connectivity index (χ2n) is 4.98. The lowest BCUT2D eigenvalue weighted by Crippen LogP contribution is -1.96. The van der Waals surface area contributed by atoms with E-state index in [0.717, 1.165) is 11.1 Å². The average molecular weight is 320 g/mol. The molecule has 0 bridgehead atoms. The number of hydrogen-bond donors (Lipinski definition) is 2. The van der Waals surface area contributed by atoms with E-state index in [4.69, 9.17) is 4.55 Å². The number of nitrogens with zero attached hydrogens (tertiary/aromatic N) is 2. The SMILES string of the molecule is Cc1cc(N=Nc2ccc(S(=O)(=O)O)cc2)c(C)c(C)c1O. The fraction of sp³-hybridized carbons (Fsp3) is 0.200. The minimum absolute atomic E-state index is 0.195. The Hall–Kier alpha value is -2.25. The molecule has 7 heteroatoms. The molecular weight excluding hydrogens is 304 g/mol. The van der Waals surface area contributed by atoms with Crippen molar-refractivity contribution in [1.29, 1.82) is 0 Å². The number of phenolic OH excluding ortho intramolecular Hbond substituents is 1. The second kappa shape index (κ2) is 5.86. The van der Waals surface area contributed by atoms with E-state index in [1.165, 1.54) is 24.3 Å². The molecule has 0 aliphatic heterocycles. The Labute approximate surface area is 128 Å². The van der Waals surface area contributed by atoms with Crippen LogP contribution in [0.25, 0.3) is 0 Å². The monoisotopic (exact) mass is 320 g/mol. The van der Waals surface area contributed by atoms with Crippen LogP contribution in [-0.4, -0.2) is 18.1 Å². The van der Waals surface area contributed by atoms with E-state index in [1.807, 2.05) is 6.92 Å². The molecule has 116 valence electrons. The highest BCUT2D eigenvalue weighted by Crippen LogP contribution is 2.33. The van der Waals surface area contributed by atoms with Gasteiger partial charge >= 0.3 is 0 Å². The summed E-state index contributed by atoms with van der Waals surface area (Å²) in [5, 5.41) is 18.0. The summed E-state index contributed by atoms with van der Waals surface area (Å²) in [7, 11) is -4.21. The van der Waals surface area contributed by atoms with Crippen LogP contribution in [0.15, 0.2) is 45.5 Å². The third-order valence-electron chi connectivity index (χ3n) is 3.44. The van der Waals surface area contributed by atoms with Gasteiger partial charge in [-0.1, -0.05) is 0 Å². The summed E-state index contributed by atoms with van der Waals surface area (Å²) in [6.07, 6.45) is 0. The Morgan fingerprint density at radius 3 is 2.09 bits per heavy atom. The Morgan fingerprint density at radius 1 is 0.955 bits per heavy atom. The lowest BCUT2D eigenvalue weighted by molar-refractivity contribution is 0.466. The number of hydrogen-bond acceptors (Lipinski definition) is 5. The van der Waals surface area contributed by atoms with E-state index in [0.29, 0.717) is 16.9 Å². The molecular formula is C15H16N2O4S. The van der Waals surface area contributed by atoms with Gasteiger partial charge in [-0.3, -0.25) is 4.55 Å². The van der Waals surface area contributed by atoms with Gasteiger partial charge in [0.05, 0.1) is 16.3 Å². The minimum Gasteiger partial charge on any atom is -0.507 e. The maximum atomic E-state index is 11.0. The first-order valence-corrected chi connectivity index (χ1v) is 7.93. The molecule has 2 rings (SSSR count). The molecule has 0 amide bonds.